The third-order valence-corrected chi connectivity index (χ3v) is 4.34. The van der Waals surface area contributed by atoms with Crippen molar-refractivity contribution in [2.45, 2.75) is 12.1 Å². The third-order valence-electron chi connectivity index (χ3n) is 4.34. The van der Waals surface area contributed by atoms with Gasteiger partial charge >= 0.3 is 6.18 Å². The predicted molar refractivity (Wildman–Crippen MR) is 87.6 cm³/mol. The highest BCUT2D eigenvalue weighted by atomic mass is 19.4. The van der Waals surface area contributed by atoms with Crippen LogP contribution in [0.4, 0.5) is 13.2 Å². The van der Waals surface area contributed by atoms with E-state index in [9.17, 15) is 18.0 Å². The molecule has 0 N–H and O–H groups in total. The average molecular weight is 374 g/mol. The van der Waals surface area contributed by atoms with Crippen LogP contribution < -0.4 is 0 Å². The smallest absolute Gasteiger partial charge is 0.339 e. The van der Waals surface area contributed by atoms with Gasteiger partial charge in [-0.15, -0.1) is 0 Å². The highest BCUT2D eigenvalue weighted by Gasteiger charge is 2.37. The Hall–Kier alpha value is -3.23. The van der Waals surface area contributed by atoms with Gasteiger partial charge in [-0.05, 0) is 30.3 Å². The van der Waals surface area contributed by atoms with Gasteiger partial charge in [-0.3, -0.25) is 9.78 Å². The lowest BCUT2D eigenvalue weighted by Gasteiger charge is -2.37. The maximum Gasteiger partial charge on any atom is 0.416 e. The molecule has 0 atom stereocenters. The molecule has 138 valence electrons. The van der Waals surface area contributed by atoms with Gasteiger partial charge in [0.05, 0.1) is 11.5 Å². The molecule has 6 nitrogen and oxygen atoms in total. The molecule has 1 amide bonds. The van der Waals surface area contributed by atoms with Crippen LogP contribution in [0, 0.1) is 0 Å². The Morgan fingerprint density at radius 3 is 2.59 bits per heavy atom. The third kappa shape index (κ3) is 3.40. The first kappa shape index (κ1) is 17.2. The number of pyridine rings is 1. The molecule has 1 aromatic carbocycles. The van der Waals surface area contributed by atoms with Crippen LogP contribution in [0.15, 0.2) is 53.3 Å². The van der Waals surface area contributed by atoms with Crippen LogP contribution in [-0.4, -0.2) is 39.0 Å². The molecule has 1 fully saturated rings. The minimum atomic E-state index is -4.49. The summed E-state index contributed by atoms with van der Waals surface area (Å²) in [5, 5.41) is 3.91. The molecule has 0 saturated carbocycles. The highest BCUT2D eigenvalue weighted by molar-refractivity contribution is 5.95. The van der Waals surface area contributed by atoms with Crippen molar-refractivity contribution in [3.8, 4) is 11.4 Å². The molecule has 0 radical (unpaired) electrons. The van der Waals surface area contributed by atoms with Gasteiger partial charge in [-0.1, -0.05) is 11.2 Å². The molecular weight excluding hydrogens is 361 g/mol. The summed E-state index contributed by atoms with van der Waals surface area (Å²) in [5.41, 5.74) is -0.0770. The van der Waals surface area contributed by atoms with Crippen molar-refractivity contribution in [1.82, 2.24) is 20.0 Å². The van der Waals surface area contributed by atoms with E-state index in [0.717, 1.165) is 17.7 Å². The zero-order valence-electron chi connectivity index (χ0n) is 13.8. The first-order valence-corrected chi connectivity index (χ1v) is 8.12. The monoisotopic (exact) mass is 374 g/mol. The lowest BCUT2D eigenvalue weighted by atomic mass is 9.98. The van der Waals surface area contributed by atoms with Gasteiger partial charge in [0.15, 0.2) is 0 Å². The lowest BCUT2D eigenvalue weighted by molar-refractivity contribution is -0.137. The number of amides is 1. The van der Waals surface area contributed by atoms with Crippen LogP contribution in [0.1, 0.15) is 27.7 Å². The molecular formula is C18H13F3N4O2. The highest BCUT2D eigenvalue weighted by Crippen LogP contribution is 2.32. The van der Waals surface area contributed by atoms with Crippen molar-refractivity contribution in [2.75, 3.05) is 13.1 Å². The van der Waals surface area contributed by atoms with Gasteiger partial charge in [0.1, 0.15) is 0 Å². The first-order valence-electron chi connectivity index (χ1n) is 8.12. The van der Waals surface area contributed by atoms with Crippen molar-refractivity contribution >= 4 is 5.91 Å². The summed E-state index contributed by atoms with van der Waals surface area (Å²) < 4.78 is 43.6. The molecule has 1 saturated heterocycles. The Kier molecular flexibility index (Phi) is 4.14. The molecule has 0 unspecified atom stereocenters. The number of halogens is 3. The SMILES string of the molecule is O=C(c1cccc(C(F)(F)F)c1)N1CC(c2nc(-c3ccncc3)no2)C1. The maximum atomic E-state index is 12.8. The summed E-state index contributed by atoms with van der Waals surface area (Å²) in [4.78, 5) is 22.1. The zero-order chi connectivity index (χ0) is 19.0. The van der Waals surface area contributed by atoms with E-state index in [-0.39, 0.29) is 11.5 Å². The van der Waals surface area contributed by atoms with Crippen molar-refractivity contribution < 1.29 is 22.5 Å². The van der Waals surface area contributed by atoms with E-state index in [0.29, 0.717) is 24.8 Å². The number of aromatic nitrogens is 3. The zero-order valence-corrected chi connectivity index (χ0v) is 13.8. The van der Waals surface area contributed by atoms with E-state index in [1.807, 2.05) is 0 Å². The van der Waals surface area contributed by atoms with E-state index in [1.165, 1.54) is 17.0 Å². The second-order valence-corrected chi connectivity index (χ2v) is 6.18. The Morgan fingerprint density at radius 2 is 1.89 bits per heavy atom. The summed E-state index contributed by atoms with van der Waals surface area (Å²) in [6.45, 7) is 0.625. The van der Waals surface area contributed by atoms with E-state index in [2.05, 4.69) is 15.1 Å². The number of hydrogen-bond donors (Lipinski definition) is 0. The molecule has 1 aliphatic heterocycles. The number of nitrogens with zero attached hydrogens (tertiary/aromatic N) is 4. The first-order chi connectivity index (χ1) is 12.9. The van der Waals surface area contributed by atoms with E-state index < -0.39 is 17.6 Å². The van der Waals surface area contributed by atoms with Crippen molar-refractivity contribution in [3.05, 3.63) is 65.8 Å². The molecule has 1 aliphatic rings. The molecule has 3 aromatic rings. The number of carbonyl (C=O) groups excluding carboxylic acids is 1. The summed E-state index contributed by atoms with van der Waals surface area (Å²) in [6.07, 6.45) is -1.25. The molecule has 0 spiro atoms. The Labute approximate surface area is 151 Å². The van der Waals surface area contributed by atoms with Gasteiger partial charge in [0, 0.05) is 36.6 Å². The fourth-order valence-corrected chi connectivity index (χ4v) is 2.83. The van der Waals surface area contributed by atoms with Crippen LogP contribution >= 0.6 is 0 Å². The number of benzene rings is 1. The fraction of sp³-hybridized carbons (Fsp3) is 0.222. The van der Waals surface area contributed by atoms with E-state index in [1.54, 1.807) is 24.5 Å². The predicted octanol–water partition coefficient (Wildman–Crippen LogP) is 3.39. The van der Waals surface area contributed by atoms with Crippen LogP contribution in [0.5, 0.6) is 0 Å². The molecule has 27 heavy (non-hydrogen) atoms. The number of hydrogen-bond acceptors (Lipinski definition) is 5. The molecule has 2 aromatic heterocycles. The van der Waals surface area contributed by atoms with Gasteiger partial charge in [0.2, 0.25) is 11.7 Å². The quantitative estimate of drug-likeness (QED) is 0.703. The molecule has 0 aliphatic carbocycles. The Balaban J connectivity index is 1.43. The largest absolute Gasteiger partial charge is 0.416 e. The van der Waals surface area contributed by atoms with E-state index >= 15 is 0 Å². The van der Waals surface area contributed by atoms with E-state index in [4.69, 9.17) is 4.52 Å². The lowest BCUT2D eigenvalue weighted by Crippen LogP contribution is -2.48. The summed E-state index contributed by atoms with van der Waals surface area (Å²) in [5.74, 6) is 0.235. The van der Waals surface area contributed by atoms with Gasteiger partial charge < -0.3 is 9.42 Å². The van der Waals surface area contributed by atoms with Crippen molar-refractivity contribution in [3.63, 3.8) is 0 Å². The number of carbonyl (C=O) groups is 1. The number of likely N-dealkylation sites (tertiary alicyclic amines) is 1. The normalized spacial score (nSPS) is 14.9. The summed E-state index contributed by atoms with van der Waals surface area (Å²) in [6, 6.07) is 7.90. The van der Waals surface area contributed by atoms with Gasteiger partial charge in [-0.2, -0.15) is 18.2 Å². The molecule has 0 bridgehead atoms. The van der Waals surface area contributed by atoms with Crippen LogP contribution in [0.25, 0.3) is 11.4 Å². The minimum absolute atomic E-state index is 0.00581. The van der Waals surface area contributed by atoms with Crippen molar-refractivity contribution in [1.29, 1.82) is 0 Å². The Bertz CT molecular complexity index is 966. The average Bonchev–Trinajstić information content (AvgIpc) is 3.10. The number of rotatable bonds is 3. The minimum Gasteiger partial charge on any atom is -0.339 e. The van der Waals surface area contributed by atoms with Crippen molar-refractivity contribution in [2.24, 2.45) is 0 Å². The number of alkyl halides is 3. The molecule has 4 rings (SSSR count). The second kappa shape index (κ2) is 6.49. The Morgan fingerprint density at radius 1 is 1.15 bits per heavy atom. The van der Waals surface area contributed by atoms with Crippen LogP contribution in [-0.2, 0) is 6.18 Å². The van der Waals surface area contributed by atoms with Gasteiger partial charge in [-0.25, -0.2) is 0 Å². The standard InChI is InChI=1S/C18H13F3N4O2/c19-18(20,21)14-3-1-2-12(8-14)17(26)25-9-13(10-25)16-23-15(24-27-16)11-4-6-22-7-5-11/h1-8,13H,9-10H2. The molecule has 9 heteroatoms. The van der Waals surface area contributed by atoms with Gasteiger partial charge in [0.25, 0.3) is 5.91 Å². The topological polar surface area (TPSA) is 72.1 Å². The fourth-order valence-electron chi connectivity index (χ4n) is 2.83. The maximum absolute atomic E-state index is 12.8. The summed E-state index contributed by atoms with van der Waals surface area (Å²) in [7, 11) is 0. The van der Waals surface area contributed by atoms with Crippen LogP contribution in [0.3, 0.4) is 0 Å². The summed E-state index contributed by atoms with van der Waals surface area (Å²) >= 11 is 0. The second-order valence-electron chi connectivity index (χ2n) is 6.18. The molecule has 3 heterocycles. The van der Waals surface area contributed by atoms with Crippen LogP contribution in [0.2, 0.25) is 0 Å².